The molecule has 0 spiro atoms. The molecule has 3 aromatic rings. The largest absolute Gasteiger partial charge is 0.493 e. The minimum Gasteiger partial charge on any atom is -0.493 e. The molecule has 1 fully saturated rings. The molecule has 0 aromatic heterocycles. The summed E-state index contributed by atoms with van der Waals surface area (Å²) in [6.07, 6.45) is 1.49. The number of hydrogen-bond acceptors (Lipinski definition) is 5. The number of rotatable bonds is 8. The summed E-state index contributed by atoms with van der Waals surface area (Å²) >= 11 is 15.5. The molecule has 0 radical (unpaired) electrons. The van der Waals surface area contributed by atoms with Crippen LogP contribution >= 0.6 is 39.1 Å². The van der Waals surface area contributed by atoms with Crippen LogP contribution in [0.25, 0.3) is 6.08 Å². The molecule has 38 heavy (non-hydrogen) atoms. The monoisotopic (exact) mass is 617 g/mol. The summed E-state index contributed by atoms with van der Waals surface area (Å²) in [5.41, 5.74) is 3.01. The van der Waals surface area contributed by atoms with Gasteiger partial charge >= 0.3 is 6.03 Å². The Morgan fingerprint density at radius 1 is 1.08 bits per heavy atom. The number of amides is 4. The molecule has 1 aliphatic heterocycles. The van der Waals surface area contributed by atoms with E-state index in [0.29, 0.717) is 37.3 Å². The van der Waals surface area contributed by atoms with Crippen LogP contribution in [0, 0.1) is 6.92 Å². The highest BCUT2D eigenvalue weighted by Crippen LogP contribution is 2.38. The molecule has 1 heterocycles. The summed E-state index contributed by atoms with van der Waals surface area (Å²) in [6.45, 7) is 1.71. The van der Waals surface area contributed by atoms with Crippen LogP contribution in [0.3, 0.4) is 0 Å². The maximum Gasteiger partial charge on any atom is 0.329 e. The maximum atomic E-state index is 12.9. The number of anilines is 1. The van der Waals surface area contributed by atoms with Crippen LogP contribution in [0.5, 0.6) is 11.5 Å². The summed E-state index contributed by atoms with van der Waals surface area (Å²) in [4.78, 5) is 38.6. The summed E-state index contributed by atoms with van der Waals surface area (Å²) in [5.74, 6) is -0.273. The minimum absolute atomic E-state index is 0.0246. The number of carbonyl (C=O) groups is 3. The number of hydrogen-bond donors (Lipinski definition) is 2. The molecule has 0 bridgehead atoms. The highest BCUT2D eigenvalue weighted by molar-refractivity contribution is 9.10. The van der Waals surface area contributed by atoms with Gasteiger partial charge in [-0.25, -0.2) is 9.69 Å². The van der Waals surface area contributed by atoms with E-state index < -0.39 is 24.4 Å². The third-order valence-corrected chi connectivity index (χ3v) is 6.86. The summed E-state index contributed by atoms with van der Waals surface area (Å²) in [7, 11) is 1.49. The second-order valence-electron chi connectivity index (χ2n) is 8.36. The molecule has 1 aliphatic rings. The van der Waals surface area contributed by atoms with E-state index in [9.17, 15) is 14.4 Å². The molecule has 4 rings (SSSR count). The van der Waals surface area contributed by atoms with E-state index in [1.54, 1.807) is 42.5 Å². The Bertz CT molecular complexity index is 1440. The smallest absolute Gasteiger partial charge is 0.329 e. The van der Waals surface area contributed by atoms with Gasteiger partial charge in [0.1, 0.15) is 18.8 Å². The molecule has 3 aromatic carbocycles. The number of aryl methyl sites for hydroxylation is 1. The van der Waals surface area contributed by atoms with E-state index in [0.717, 1.165) is 16.0 Å². The Hall–Kier alpha value is -3.53. The molecule has 8 nitrogen and oxygen atoms in total. The zero-order valence-corrected chi connectivity index (χ0v) is 23.4. The fourth-order valence-corrected chi connectivity index (χ4v) is 4.51. The van der Waals surface area contributed by atoms with Gasteiger partial charge in [0.15, 0.2) is 11.5 Å². The van der Waals surface area contributed by atoms with Crippen LogP contribution in [0.4, 0.5) is 10.5 Å². The standard InChI is InChI=1S/C27H22BrCl2N3O5/c1-15-3-6-18(7-4-15)31-24(34)13-33-26(35)22(32-27(33)36)11-17-9-19(28)25(23(12-17)37-2)38-14-16-5-8-20(29)21(30)10-16/h3-12H,13-14H2,1-2H3,(H,31,34)(H,32,36)/b22-11+. The van der Waals surface area contributed by atoms with Crippen molar-refractivity contribution in [1.29, 1.82) is 0 Å². The summed E-state index contributed by atoms with van der Waals surface area (Å²) in [5, 5.41) is 6.06. The molecule has 1 saturated heterocycles. The lowest BCUT2D eigenvalue weighted by molar-refractivity contribution is -0.127. The van der Waals surface area contributed by atoms with E-state index in [2.05, 4.69) is 26.6 Å². The maximum absolute atomic E-state index is 12.9. The van der Waals surface area contributed by atoms with Crippen LogP contribution in [0.15, 0.2) is 64.8 Å². The number of ether oxygens (including phenoxy) is 2. The van der Waals surface area contributed by atoms with Crippen LogP contribution in [-0.4, -0.2) is 36.4 Å². The van der Waals surface area contributed by atoms with Crippen LogP contribution in [-0.2, 0) is 16.2 Å². The van der Waals surface area contributed by atoms with Crippen molar-refractivity contribution >= 4 is 68.7 Å². The Morgan fingerprint density at radius 3 is 2.50 bits per heavy atom. The summed E-state index contributed by atoms with van der Waals surface area (Å²) < 4.78 is 12.0. The molecule has 196 valence electrons. The molecular formula is C27H22BrCl2N3O5. The molecule has 2 N–H and O–H groups in total. The van der Waals surface area contributed by atoms with Gasteiger partial charge in [0, 0.05) is 5.69 Å². The number of nitrogens with zero attached hydrogens (tertiary/aromatic N) is 1. The van der Waals surface area contributed by atoms with Crippen molar-refractivity contribution in [3.63, 3.8) is 0 Å². The quantitative estimate of drug-likeness (QED) is 0.232. The molecule has 11 heteroatoms. The predicted octanol–water partition coefficient (Wildman–Crippen LogP) is 6.18. The topological polar surface area (TPSA) is 97.0 Å². The fourth-order valence-electron chi connectivity index (χ4n) is 3.61. The average Bonchev–Trinajstić information content (AvgIpc) is 3.13. The van der Waals surface area contributed by atoms with Gasteiger partial charge in [0.05, 0.1) is 21.6 Å². The van der Waals surface area contributed by atoms with Crippen molar-refractivity contribution in [1.82, 2.24) is 10.2 Å². The zero-order valence-electron chi connectivity index (χ0n) is 20.3. The van der Waals surface area contributed by atoms with Gasteiger partial charge in [-0.1, -0.05) is 47.0 Å². The first kappa shape index (κ1) is 27.5. The number of halogens is 3. The van der Waals surface area contributed by atoms with Crippen molar-refractivity contribution in [3.05, 3.63) is 91.5 Å². The third-order valence-electron chi connectivity index (χ3n) is 5.53. The third kappa shape index (κ3) is 6.48. The van der Waals surface area contributed by atoms with Crippen molar-refractivity contribution in [2.45, 2.75) is 13.5 Å². The highest BCUT2D eigenvalue weighted by atomic mass is 79.9. The van der Waals surface area contributed by atoms with Gasteiger partial charge in [0.25, 0.3) is 5.91 Å². The molecule has 0 aliphatic carbocycles. The van der Waals surface area contributed by atoms with Crippen molar-refractivity contribution < 1.29 is 23.9 Å². The number of methoxy groups -OCH3 is 1. The first-order valence-electron chi connectivity index (χ1n) is 11.3. The lowest BCUT2D eigenvalue weighted by atomic mass is 10.1. The van der Waals surface area contributed by atoms with E-state index in [4.69, 9.17) is 32.7 Å². The Balaban J connectivity index is 1.46. The number of imide groups is 1. The molecule has 4 amide bonds. The molecule has 0 unspecified atom stereocenters. The van der Waals surface area contributed by atoms with Gasteiger partial charge in [0.2, 0.25) is 5.91 Å². The van der Waals surface area contributed by atoms with Gasteiger partial charge in [-0.2, -0.15) is 0 Å². The normalized spacial score (nSPS) is 14.0. The van der Waals surface area contributed by atoms with Crippen molar-refractivity contribution in [2.75, 3.05) is 19.0 Å². The SMILES string of the molecule is COc1cc(/C=C2/NC(=O)N(CC(=O)Nc3ccc(C)cc3)C2=O)cc(Br)c1OCc1ccc(Cl)c(Cl)c1. The predicted molar refractivity (Wildman–Crippen MR) is 150 cm³/mol. The minimum atomic E-state index is -0.687. The van der Waals surface area contributed by atoms with Gasteiger partial charge < -0.3 is 20.1 Å². The molecular weight excluding hydrogens is 597 g/mol. The molecule has 0 atom stereocenters. The average molecular weight is 619 g/mol. The first-order chi connectivity index (χ1) is 18.1. The van der Waals surface area contributed by atoms with E-state index >= 15 is 0 Å². The van der Waals surface area contributed by atoms with Gasteiger partial charge in [-0.15, -0.1) is 0 Å². The fraction of sp³-hybridized carbons (Fsp3) is 0.148. The van der Waals surface area contributed by atoms with E-state index in [1.807, 2.05) is 19.1 Å². The Kier molecular flexibility index (Phi) is 8.61. The van der Waals surface area contributed by atoms with Crippen LogP contribution in [0.1, 0.15) is 16.7 Å². The summed E-state index contributed by atoms with van der Waals surface area (Å²) in [6, 6.07) is 15.1. The lowest BCUT2D eigenvalue weighted by Gasteiger charge is -2.14. The van der Waals surface area contributed by atoms with Crippen LogP contribution in [0.2, 0.25) is 10.0 Å². The number of benzene rings is 3. The van der Waals surface area contributed by atoms with E-state index in [-0.39, 0.29) is 12.3 Å². The second-order valence-corrected chi connectivity index (χ2v) is 10.0. The number of nitrogens with one attached hydrogen (secondary N) is 2. The lowest BCUT2D eigenvalue weighted by Crippen LogP contribution is -2.38. The second kappa shape index (κ2) is 11.9. The number of carbonyl (C=O) groups excluding carboxylic acids is 3. The Morgan fingerprint density at radius 2 is 1.82 bits per heavy atom. The van der Waals surface area contributed by atoms with Crippen molar-refractivity contribution in [2.24, 2.45) is 0 Å². The Labute approximate surface area is 237 Å². The van der Waals surface area contributed by atoms with E-state index in [1.165, 1.54) is 13.2 Å². The van der Waals surface area contributed by atoms with Gasteiger partial charge in [-0.05, 0) is 76.5 Å². The van der Waals surface area contributed by atoms with Crippen LogP contribution < -0.4 is 20.1 Å². The van der Waals surface area contributed by atoms with Gasteiger partial charge in [-0.3, -0.25) is 9.59 Å². The highest BCUT2D eigenvalue weighted by Gasteiger charge is 2.35. The molecule has 0 saturated carbocycles. The first-order valence-corrected chi connectivity index (χ1v) is 12.8. The van der Waals surface area contributed by atoms with Crippen molar-refractivity contribution in [3.8, 4) is 11.5 Å². The zero-order chi connectivity index (χ0) is 27.4. The number of urea groups is 1.